The number of pyridine rings is 1. The van der Waals surface area contributed by atoms with E-state index in [0.29, 0.717) is 6.04 Å². The Morgan fingerprint density at radius 3 is 2.69 bits per heavy atom. The molecule has 2 heteroatoms. The Bertz CT molecular complexity index is 329. The van der Waals surface area contributed by atoms with Crippen molar-refractivity contribution in [3.8, 4) is 0 Å². The average Bonchev–Trinajstić information content (AvgIpc) is 2.34. The summed E-state index contributed by atoms with van der Waals surface area (Å²) in [7, 11) is 2.08. The Labute approximate surface area is 98.5 Å². The maximum Gasteiger partial charge on any atom is 0.0420 e. The lowest BCUT2D eigenvalue weighted by Gasteiger charge is -2.31. The molecule has 1 atom stereocenters. The first-order chi connectivity index (χ1) is 7.83. The molecule has 0 aromatic carbocycles. The summed E-state index contributed by atoms with van der Waals surface area (Å²) in [5, 5.41) is 3.49. The number of hydrogen-bond donors (Lipinski definition) is 1. The summed E-state index contributed by atoms with van der Waals surface area (Å²) in [5.41, 5.74) is 2.56. The quantitative estimate of drug-likeness (QED) is 0.842. The van der Waals surface area contributed by atoms with Crippen molar-refractivity contribution in [2.75, 3.05) is 7.05 Å². The second-order valence-electron chi connectivity index (χ2n) is 4.84. The Morgan fingerprint density at radius 1 is 1.31 bits per heavy atom. The lowest BCUT2D eigenvalue weighted by atomic mass is 9.81. The number of nitrogens with one attached hydrogen (secondary N) is 1. The highest BCUT2D eigenvalue weighted by Crippen LogP contribution is 2.34. The molecule has 1 fully saturated rings. The molecule has 1 unspecified atom stereocenters. The maximum absolute atomic E-state index is 4.40. The van der Waals surface area contributed by atoms with Gasteiger partial charge in [-0.05, 0) is 44.4 Å². The normalized spacial score (nSPS) is 19.6. The molecule has 1 aliphatic carbocycles. The minimum Gasteiger partial charge on any atom is -0.313 e. The minimum absolute atomic E-state index is 0.494. The molecule has 1 N–H and O–H groups in total. The zero-order chi connectivity index (χ0) is 11.4. The predicted molar refractivity (Wildman–Crippen MR) is 67.3 cm³/mol. The van der Waals surface area contributed by atoms with Gasteiger partial charge in [-0.3, -0.25) is 4.98 Å². The maximum atomic E-state index is 4.40. The van der Waals surface area contributed by atoms with Crippen LogP contribution >= 0.6 is 0 Å². The number of rotatable bonds is 3. The van der Waals surface area contributed by atoms with Crippen molar-refractivity contribution < 1.29 is 0 Å². The monoisotopic (exact) mass is 218 g/mol. The lowest BCUT2D eigenvalue weighted by Crippen LogP contribution is -2.27. The Hall–Kier alpha value is -0.890. The molecule has 0 aliphatic heterocycles. The first kappa shape index (κ1) is 11.6. The summed E-state index contributed by atoms with van der Waals surface area (Å²) < 4.78 is 0. The number of aryl methyl sites for hydroxylation is 1. The highest BCUT2D eigenvalue weighted by Gasteiger charge is 2.24. The highest BCUT2D eigenvalue weighted by molar-refractivity contribution is 5.23. The molecule has 1 heterocycles. The number of aromatic nitrogens is 1. The zero-order valence-electron chi connectivity index (χ0n) is 10.4. The molecule has 0 spiro atoms. The van der Waals surface area contributed by atoms with E-state index < -0.39 is 0 Å². The van der Waals surface area contributed by atoms with Gasteiger partial charge in [0.2, 0.25) is 0 Å². The van der Waals surface area contributed by atoms with Crippen LogP contribution in [-0.4, -0.2) is 12.0 Å². The van der Waals surface area contributed by atoms with E-state index in [1.54, 1.807) is 0 Å². The van der Waals surface area contributed by atoms with E-state index in [1.165, 1.54) is 43.4 Å². The van der Waals surface area contributed by atoms with Crippen molar-refractivity contribution in [1.82, 2.24) is 10.3 Å². The van der Waals surface area contributed by atoms with Crippen molar-refractivity contribution in [2.24, 2.45) is 5.92 Å². The van der Waals surface area contributed by atoms with Crippen LogP contribution in [0.25, 0.3) is 0 Å². The Morgan fingerprint density at radius 2 is 2.06 bits per heavy atom. The van der Waals surface area contributed by atoms with Crippen molar-refractivity contribution in [2.45, 2.75) is 45.1 Å². The number of nitrogens with zero attached hydrogens (tertiary/aromatic N) is 1. The summed E-state index contributed by atoms with van der Waals surface area (Å²) in [5.74, 6) is 0.793. The molecule has 88 valence electrons. The van der Waals surface area contributed by atoms with Crippen molar-refractivity contribution in [3.05, 3.63) is 29.6 Å². The minimum atomic E-state index is 0.494. The molecular formula is C14H22N2. The van der Waals surface area contributed by atoms with Gasteiger partial charge in [0.1, 0.15) is 0 Å². The third kappa shape index (κ3) is 2.43. The van der Waals surface area contributed by atoms with E-state index in [-0.39, 0.29) is 0 Å². The topological polar surface area (TPSA) is 24.9 Å². The van der Waals surface area contributed by atoms with Gasteiger partial charge >= 0.3 is 0 Å². The third-order valence-electron chi connectivity index (χ3n) is 3.82. The summed E-state index contributed by atoms with van der Waals surface area (Å²) in [6, 6.07) is 4.77. The van der Waals surface area contributed by atoms with Gasteiger partial charge in [0, 0.05) is 17.9 Å². The van der Waals surface area contributed by atoms with Gasteiger partial charge in [0.05, 0.1) is 0 Å². The Balaban J connectivity index is 2.18. The SMILES string of the molecule is CNC(c1cccnc1C)C1CCCCC1. The van der Waals surface area contributed by atoms with Gasteiger partial charge in [0.15, 0.2) is 0 Å². The van der Waals surface area contributed by atoms with Gasteiger partial charge in [-0.25, -0.2) is 0 Å². The average molecular weight is 218 g/mol. The molecule has 2 rings (SSSR count). The van der Waals surface area contributed by atoms with Gasteiger partial charge in [-0.15, -0.1) is 0 Å². The molecule has 0 amide bonds. The van der Waals surface area contributed by atoms with E-state index in [9.17, 15) is 0 Å². The van der Waals surface area contributed by atoms with Gasteiger partial charge in [0.25, 0.3) is 0 Å². The van der Waals surface area contributed by atoms with E-state index in [1.807, 2.05) is 6.20 Å². The summed E-state index contributed by atoms with van der Waals surface area (Å²) in [6.45, 7) is 2.11. The Kier molecular flexibility index (Phi) is 3.94. The molecule has 1 aromatic rings. The third-order valence-corrected chi connectivity index (χ3v) is 3.82. The largest absolute Gasteiger partial charge is 0.313 e. The smallest absolute Gasteiger partial charge is 0.0420 e. The standard InChI is InChI=1S/C14H22N2/c1-11-13(9-6-10-16-11)14(15-2)12-7-4-3-5-8-12/h6,9-10,12,14-15H,3-5,7-8H2,1-2H3. The van der Waals surface area contributed by atoms with E-state index in [2.05, 4.69) is 36.4 Å². The zero-order valence-corrected chi connectivity index (χ0v) is 10.4. The van der Waals surface area contributed by atoms with E-state index in [4.69, 9.17) is 0 Å². The lowest BCUT2D eigenvalue weighted by molar-refractivity contribution is 0.280. The van der Waals surface area contributed by atoms with Crippen LogP contribution in [0.5, 0.6) is 0 Å². The fraction of sp³-hybridized carbons (Fsp3) is 0.643. The number of hydrogen-bond acceptors (Lipinski definition) is 2. The van der Waals surface area contributed by atoms with Crippen LogP contribution in [0.1, 0.15) is 49.4 Å². The van der Waals surface area contributed by atoms with Crippen molar-refractivity contribution in [1.29, 1.82) is 0 Å². The second kappa shape index (κ2) is 5.44. The molecule has 0 radical (unpaired) electrons. The van der Waals surface area contributed by atoms with Gasteiger partial charge in [-0.2, -0.15) is 0 Å². The fourth-order valence-electron chi connectivity index (χ4n) is 2.94. The molecule has 1 saturated carbocycles. The van der Waals surface area contributed by atoms with Crippen LogP contribution in [-0.2, 0) is 0 Å². The molecule has 2 nitrogen and oxygen atoms in total. The molecule has 0 bridgehead atoms. The van der Waals surface area contributed by atoms with Crippen molar-refractivity contribution in [3.63, 3.8) is 0 Å². The van der Waals surface area contributed by atoms with Crippen LogP contribution < -0.4 is 5.32 Å². The van der Waals surface area contributed by atoms with Gasteiger partial charge < -0.3 is 5.32 Å². The van der Waals surface area contributed by atoms with Crippen LogP contribution in [0.3, 0.4) is 0 Å². The summed E-state index contributed by atoms with van der Waals surface area (Å²) in [4.78, 5) is 4.40. The second-order valence-corrected chi connectivity index (χ2v) is 4.84. The van der Waals surface area contributed by atoms with Crippen LogP contribution in [0.4, 0.5) is 0 Å². The van der Waals surface area contributed by atoms with E-state index >= 15 is 0 Å². The van der Waals surface area contributed by atoms with Crippen LogP contribution in [0.15, 0.2) is 18.3 Å². The highest BCUT2D eigenvalue weighted by atomic mass is 14.9. The molecule has 1 aromatic heterocycles. The molecule has 1 aliphatic rings. The van der Waals surface area contributed by atoms with Gasteiger partial charge in [-0.1, -0.05) is 25.3 Å². The first-order valence-corrected chi connectivity index (χ1v) is 6.41. The van der Waals surface area contributed by atoms with Crippen LogP contribution in [0, 0.1) is 12.8 Å². The summed E-state index contributed by atoms with van der Waals surface area (Å²) >= 11 is 0. The molecule has 16 heavy (non-hydrogen) atoms. The van der Waals surface area contributed by atoms with Crippen LogP contribution in [0.2, 0.25) is 0 Å². The predicted octanol–water partition coefficient (Wildman–Crippen LogP) is 3.23. The fourth-order valence-corrected chi connectivity index (χ4v) is 2.94. The molecule has 0 saturated heterocycles. The van der Waals surface area contributed by atoms with E-state index in [0.717, 1.165) is 5.92 Å². The summed E-state index contributed by atoms with van der Waals surface area (Å²) in [6.07, 6.45) is 8.80. The van der Waals surface area contributed by atoms with Crippen molar-refractivity contribution >= 4 is 0 Å². The molecular weight excluding hydrogens is 196 g/mol. The first-order valence-electron chi connectivity index (χ1n) is 6.41.